The molecule has 3 aromatic heterocycles. The zero-order valence-corrected chi connectivity index (χ0v) is 16.4. The van der Waals surface area contributed by atoms with Crippen LogP contribution in [-0.2, 0) is 11.8 Å². The highest BCUT2D eigenvalue weighted by Gasteiger charge is 2.24. The molecule has 0 aliphatic heterocycles. The van der Waals surface area contributed by atoms with Gasteiger partial charge in [0.05, 0.1) is 6.04 Å². The third-order valence-electron chi connectivity index (χ3n) is 5.24. The summed E-state index contributed by atoms with van der Waals surface area (Å²) in [6, 6.07) is 7.13. The molecule has 0 radical (unpaired) electrons. The summed E-state index contributed by atoms with van der Waals surface area (Å²) in [7, 11) is 1.56. The lowest BCUT2D eigenvalue weighted by molar-refractivity contribution is -0.119. The van der Waals surface area contributed by atoms with E-state index in [0.29, 0.717) is 5.78 Å². The number of carbonyl (C=O) groups is 1. The van der Waals surface area contributed by atoms with E-state index in [-0.39, 0.29) is 16.9 Å². The molecule has 4 aromatic rings. The normalized spacial score (nSPS) is 12.8. The molecule has 0 aliphatic carbocycles. The number of fused-ring (bicyclic) bond motifs is 3. The monoisotopic (exact) mass is 379 g/mol. The van der Waals surface area contributed by atoms with Gasteiger partial charge in [-0.05, 0) is 39.8 Å². The van der Waals surface area contributed by atoms with E-state index in [9.17, 15) is 14.4 Å². The maximum absolute atomic E-state index is 13.2. The minimum atomic E-state index is -0.846. The second-order valence-corrected chi connectivity index (χ2v) is 7.20. The highest BCUT2D eigenvalue weighted by atomic mass is 16.2. The van der Waals surface area contributed by atoms with E-state index in [1.54, 1.807) is 18.4 Å². The molecule has 3 heterocycles. The van der Waals surface area contributed by atoms with Crippen molar-refractivity contribution < 1.29 is 4.79 Å². The Hall–Kier alpha value is -3.42. The number of aromatic nitrogens is 5. The molecule has 0 unspecified atom stereocenters. The number of carbonyl (C=O) groups excluding carboxylic acids is 1. The number of ketones is 1. The van der Waals surface area contributed by atoms with Gasteiger partial charge in [-0.1, -0.05) is 17.7 Å². The van der Waals surface area contributed by atoms with E-state index in [0.717, 1.165) is 21.5 Å². The Bertz CT molecular complexity index is 1370. The molecule has 8 heteroatoms. The molecule has 0 saturated heterocycles. The number of benzene rings is 1. The van der Waals surface area contributed by atoms with Crippen LogP contribution in [0.3, 0.4) is 0 Å². The van der Waals surface area contributed by atoms with Gasteiger partial charge in [0.25, 0.3) is 5.56 Å². The third-order valence-corrected chi connectivity index (χ3v) is 5.24. The van der Waals surface area contributed by atoms with Crippen LogP contribution in [-0.4, -0.2) is 28.9 Å². The maximum atomic E-state index is 13.2. The lowest BCUT2D eigenvalue weighted by Crippen LogP contribution is -2.42. The van der Waals surface area contributed by atoms with Crippen molar-refractivity contribution in [2.24, 2.45) is 7.05 Å². The first-order valence-corrected chi connectivity index (χ1v) is 9.01. The summed E-state index contributed by atoms with van der Waals surface area (Å²) in [5.74, 6) is 0.282. The van der Waals surface area contributed by atoms with Crippen molar-refractivity contribution in [3.8, 4) is 5.69 Å². The summed E-state index contributed by atoms with van der Waals surface area (Å²) < 4.78 is 5.94. The van der Waals surface area contributed by atoms with Crippen LogP contribution in [0.25, 0.3) is 22.6 Å². The average molecular weight is 379 g/mol. The molecule has 0 bridgehead atoms. The van der Waals surface area contributed by atoms with E-state index in [1.807, 2.05) is 48.9 Å². The van der Waals surface area contributed by atoms with E-state index in [4.69, 9.17) is 0 Å². The molecule has 0 amide bonds. The van der Waals surface area contributed by atoms with Crippen molar-refractivity contribution in [3.05, 3.63) is 62.6 Å². The number of hydrogen-bond acceptors (Lipinski definition) is 4. The first kappa shape index (κ1) is 18.0. The van der Waals surface area contributed by atoms with Crippen LogP contribution in [0, 0.1) is 13.8 Å². The van der Waals surface area contributed by atoms with Gasteiger partial charge in [-0.15, -0.1) is 0 Å². The van der Waals surface area contributed by atoms with Gasteiger partial charge in [-0.3, -0.25) is 23.1 Å². The summed E-state index contributed by atoms with van der Waals surface area (Å²) in [6.07, 6.45) is 1.82. The fourth-order valence-electron chi connectivity index (χ4n) is 3.51. The average Bonchev–Trinajstić information content (AvgIpc) is 3.15. The molecule has 1 atom stereocenters. The van der Waals surface area contributed by atoms with Gasteiger partial charge in [0.2, 0.25) is 5.78 Å². The second kappa shape index (κ2) is 6.05. The summed E-state index contributed by atoms with van der Waals surface area (Å²) in [4.78, 5) is 42.3. The fraction of sp³-hybridized carbons (Fsp3) is 0.300. The molecule has 1 aromatic carbocycles. The van der Waals surface area contributed by atoms with Crippen molar-refractivity contribution >= 4 is 22.7 Å². The van der Waals surface area contributed by atoms with Gasteiger partial charge in [-0.25, -0.2) is 9.36 Å². The van der Waals surface area contributed by atoms with Gasteiger partial charge >= 0.3 is 5.69 Å². The van der Waals surface area contributed by atoms with Crippen molar-refractivity contribution in [1.82, 2.24) is 23.1 Å². The van der Waals surface area contributed by atoms with Gasteiger partial charge in [-0.2, -0.15) is 4.98 Å². The number of nitrogens with zero attached hydrogens (tertiary/aromatic N) is 5. The number of rotatable bonds is 3. The molecule has 28 heavy (non-hydrogen) atoms. The summed E-state index contributed by atoms with van der Waals surface area (Å²) in [5.41, 5.74) is 2.44. The fourth-order valence-corrected chi connectivity index (χ4v) is 3.51. The Balaban J connectivity index is 2.14. The van der Waals surface area contributed by atoms with E-state index < -0.39 is 17.3 Å². The van der Waals surface area contributed by atoms with Gasteiger partial charge in [0, 0.05) is 24.6 Å². The summed E-state index contributed by atoms with van der Waals surface area (Å²) in [6.45, 7) is 6.86. The Labute approximate surface area is 160 Å². The number of hydrogen-bond donors (Lipinski definition) is 0. The topological polar surface area (TPSA) is 83.3 Å². The zero-order chi connectivity index (χ0) is 20.3. The number of imidazole rings is 2. The van der Waals surface area contributed by atoms with Crippen LogP contribution in [0.5, 0.6) is 0 Å². The summed E-state index contributed by atoms with van der Waals surface area (Å²) in [5, 5.41) is 0. The predicted molar refractivity (Wildman–Crippen MR) is 106 cm³/mol. The van der Waals surface area contributed by atoms with E-state index in [1.165, 1.54) is 11.5 Å². The largest absolute Gasteiger partial charge is 0.333 e. The lowest BCUT2D eigenvalue weighted by atomic mass is 10.2. The van der Waals surface area contributed by atoms with Crippen molar-refractivity contribution in [2.75, 3.05) is 0 Å². The number of Topliss-reactive ketones (excluding diaryl/α,β-unsaturated/α-hetero) is 1. The molecule has 0 saturated carbocycles. The minimum absolute atomic E-state index is 0.257. The van der Waals surface area contributed by atoms with Crippen LogP contribution in [0.4, 0.5) is 0 Å². The first-order chi connectivity index (χ1) is 13.2. The molecule has 144 valence electrons. The lowest BCUT2D eigenvalue weighted by Gasteiger charge is -2.12. The van der Waals surface area contributed by atoms with Crippen molar-refractivity contribution in [3.63, 3.8) is 0 Å². The molecule has 8 nitrogen and oxygen atoms in total. The Kier molecular flexibility index (Phi) is 3.88. The number of aryl methyl sites for hydroxylation is 3. The molecule has 4 rings (SSSR count). The van der Waals surface area contributed by atoms with Crippen molar-refractivity contribution in [2.45, 2.75) is 33.7 Å². The smallest absolute Gasteiger partial charge is 0.298 e. The van der Waals surface area contributed by atoms with Crippen LogP contribution in [0.1, 0.15) is 31.1 Å². The Morgan fingerprint density at radius 2 is 1.75 bits per heavy atom. The van der Waals surface area contributed by atoms with Crippen LogP contribution >= 0.6 is 0 Å². The van der Waals surface area contributed by atoms with Gasteiger partial charge in [0.15, 0.2) is 16.9 Å². The van der Waals surface area contributed by atoms with Crippen LogP contribution in [0.2, 0.25) is 0 Å². The van der Waals surface area contributed by atoms with E-state index in [2.05, 4.69) is 4.98 Å². The summed E-state index contributed by atoms with van der Waals surface area (Å²) >= 11 is 0. The third kappa shape index (κ3) is 2.37. The van der Waals surface area contributed by atoms with Crippen molar-refractivity contribution in [1.29, 1.82) is 0 Å². The Morgan fingerprint density at radius 3 is 2.36 bits per heavy atom. The van der Waals surface area contributed by atoms with Gasteiger partial charge < -0.3 is 0 Å². The van der Waals surface area contributed by atoms with E-state index >= 15 is 0 Å². The predicted octanol–water partition coefficient (Wildman–Crippen LogP) is 1.91. The quantitative estimate of drug-likeness (QED) is 0.544. The zero-order valence-electron chi connectivity index (χ0n) is 16.4. The maximum Gasteiger partial charge on any atom is 0.333 e. The minimum Gasteiger partial charge on any atom is -0.298 e. The molecular weight excluding hydrogens is 358 g/mol. The molecule has 0 aliphatic rings. The molecule has 0 spiro atoms. The highest BCUT2D eigenvalue weighted by molar-refractivity contribution is 5.81. The van der Waals surface area contributed by atoms with Crippen LogP contribution < -0.4 is 11.2 Å². The van der Waals surface area contributed by atoms with Gasteiger partial charge in [0.1, 0.15) is 0 Å². The molecule has 0 N–H and O–H groups in total. The second-order valence-electron chi connectivity index (χ2n) is 7.20. The molecular formula is C20H21N5O3. The molecule has 0 fully saturated rings. The SMILES string of the molecule is CC(=O)[C@H](C)n1c(=O)c2c(nc3n(-c4ccc(C)cc4)c(C)cn23)n(C)c1=O. The Morgan fingerprint density at radius 1 is 1.11 bits per heavy atom. The van der Waals surface area contributed by atoms with Crippen LogP contribution in [0.15, 0.2) is 40.1 Å². The highest BCUT2D eigenvalue weighted by Crippen LogP contribution is 2.21. The first-order valence-electron chi connectivity index (χ1n) is 9.01. The standard InChI is InChI=1S/C20H21N5O3/c1-11-6-8-15(9-7-11)24-12(2)10-23-16-17(21-19(23)24)22(5)20(28)25(18(16)27)13(3)14(4)26/h6-10,13H,1-5H3/t13-/m0/s1.